The molecule has 0 fully saturated rings. The molecule has 2 heterocycles. The first-order valence-electron chi connectivity index (χ1n) is 10.0. The summed E-state index contributed by atoms with van der Waals surface area (Å²) in [6.07, 6.45) is 4.37. The SMILES string of the molecule is C[C@@H](NC(=O)C[C@H]1C=C[C@H](NC(=O)Cc2ccccn2)[C@@H](CO)O1)c1ccccc1. The Kier molecular flexibility index (Phi) is 7.70. The monoisotopic (exact) mass is 409 g/mol. The number of aliphatic hydroxyl groups excluding tert-OH is 1. The highest BCUT2D eigenvalue weighted by atomic mass is 16.5. The lowest BCUT2D eigenvalue weighted by atomic mass is 10.0. The third-order valence-corrected chi connectivity index (χ3v) is 4.92. The van der Waals surface area contributed by atoms with Gasteiger partial charge >= 0.3 is 0 Å². The van der Waals surface area contributed by atoms with E-state index in [0.29, 0.717) is 5.69 Å². The highest BCUT2D eigenvalue weighted by Crippen LogP contribution is 2.17. The van der Waals surface area contributed by atoms with Gasteiger partial charge in [-0.1, -0.05) is 48.6 Å². The van der Waals surface area contributed by atoms with Gasteiger partial charge in [0.15, 0.2) is 0 Å². The summed E-state index contributed by atoms with van der Waals surface area (Å²) < 4.78 is 5.83. The number of aromatic nitrogens is 1. The molecule has 1 aromatic heterocycles. The van der Waals surface area contributed by atoms with E-state index in [-0.39, 0.29) is 37.3 Å². The minimum atomic E-state index is -0.618. The van der Waals surface area contributed by atoms with Gasteiger partial charge < -0.3 is 20.5 Å². The van der Waals surface area contributed by atoms with Crippen molar-refractivity contribution in [1.29, 1.82) is 0 Å². The molecular weight excluding hydrogens is 382 g/mol. The van der Waals surface area contributed by atoms with E-state index in [1.165, 1.54) is 0 Å². The maximum Gasteiger partial charge on any atom is 0.226 e. The molecule has 158 valence electrons. The van der Waals surface area contributed by atoms with Crippen molar-refractivity contribution in [3.63, 3.8) is 0 Å². The van der Waals surface area contributed by atoms with Crippen molar-refractivity contribution in [3.8, 4) is 0 Å². The average Bonchev–Trinajstić information content (AvgIpc) is 2.76. The largest absolute Gasteiger partial charge is 0.394 e. The topological polar surface area (TPSA) is 101 Å². The lowest BCUT2D eigenvalue weighted by Gasteiger charge is -2.31. The Hall–Kier alpha value is -3.03. The van der Waals surface area contributed by atoms with Gasteiger partial charge in [-0.25, -0.2) is 0 Å². The molecular formula is C23H27N3O4. The summed E-state index contributed by atoms with van der Waals surface area (Å²) >= 11 is 0. The van der Waals surface area contributed by atoms with Gasteiger partial charge in [0.05, 0.1) is 37.6 Å². The fourth-order valence-corrected chi connectivity index (χ4v) is 3.35. The van der Waals surface area contributed by atoms with Crippen LogP contribution in [0.15, 0.2) is 66.9 Å². The van der Waals surface area contributed by atoms with Crippen LogP contribution in [-0.4, -0.2) is 46.8 Å². The molecule has 4 atom stereocenters. The third kappa shape index (κ3) is 6.23. The number of amides is 2. The molecule has 3 rings (SSSR count). The minimum absolute atomic E-state index is 0.112. The Labute approximate surface area is 176 Å². The summed E-state index contributed by atoms with van der Waals surface area (Å²) in [5.41, 5.74) is 1.69. The minimum Gasteiger partial charge on any atom is -0.394 e. The van der Waals surface area contributed by atoms with E-state index in [1.807, 2.05) is 43.3 Å². The summed E-state index contributed by atoms with van der Waals surface area (Å²) in [7, 11) is 0. The van der Waals surface area contributed by atoms with E-state index < -0.39 is 18.2 Å². The summed E-state index contributed by atoms with van der Waals surface area (Å²) in [6, 6.07) is 14.5. The number of hydrogen-bond donors (Lipinski definition) is 3. The second-order valence-electron chi connectivity index (χ2n) is 7.28. The van der Waals surface area contributed by atoms with Crippen molar-refractivity contribution in [2.45, 2.75) is 44.1 Å². The summed E-state index contributed by atoms with van der Waals surface area (Å²) in [6.45, 7) is 1.66. The van der Waals surface area contributed by atoms with Gasteiger partial charge in [-0.3, -0.25) is 14.6 Å². The van der Waals surface area contributed by atoms with E-state index in [9.17, 15) is 14.7 Å². The Morgan fingerprint density at radius 2 is 1.87 bits per heavy atom. The number of nitrogens with zero attached hydrogens (tertiary/aromatic N) is 1. The summed E-state index contributed by atoms with van der Waals surface area (Å²) in [4.78, 5) is 28.8. The second-order valence-corrected chi connectivity index (χ2v) is 7.28. The van der Waals surface area contributed by atoms with Gasteiger partial charge in [-0.05, 0) is 24.6 Å². The number of aliphatic hydroxyl groups is 1. The molecule has 0 spiro atoms. The molecule has 30 heavy (non-hydrogen) atoms. The van der Waals surface area contributed by atoms with Crippen LogP contribution in [0, 0.1) is 0 Å². The van der Waals surface area contributed by atoms with Gasteiger partial charge in [-0.15, -0.1) is 0 Å². The number of rotatable bonds is 8. The fourth-order valence-electron chi connectivity index (χ4n) is 3.35. The molecule has 7 nitrogen and oxygen atoms in total. The quantitative estimate of drug-likeness (QED) is 0.576. The van der Waals surface area contributed by atoms with Crippen LogP contribution in [-0.2, 0) is 20.7 Å². The fraction of sp³-hybridized carbons (Fsp3) is 0.348. The maximum atomic E-state index is 12.4. The number of pyridine rings is 1. The van der Waals surface area contributed by atoms with Crippen LogP contribution < -0.4 is 10.6 Å². The van der Waals surface area contributed by atoms with Crippen molar-refractivity contribution < 1.29 is 19.4 Å². The molecule has 2 aromatic rings. The van der Waals surface area contributed by atoms with Gasteiger partial charge in [0.25, 0.3) is 0 Å². The van der Waals surface area contributed by atoms with E-state index in [0.717, 1.165) is 5.56 Å². The Bertz CT molecular complexity index is 857. The smallest absolute Gasteiger partial charge is 0.226 e. The molecule has 0 aliphatic carbocycles. The van der Waals surface area contributed by atoms with Crippen LogP contribution >= 0.6 is 0 Å². The molecule has 1 aromatic carbocycles. The Morgan fingerprint density at radius 3 is 2.57 bits per heavy atom. The van der Waals surface area contributed by atoms with Crippen molar-refractivity contribution in [3.05, 3.63) is 78.1 Å². The highest BCUT2D eigenvalue weighted by molar-refractivity contribution is 5.79. The van der Waals surface area contributed by atoms with Crippen LogP contribution in [0.5, 0.6) is 0 Å². The lowest BCUT2D eigenvalue weighted by molar-refractivity contribution is -0.128. The van der Waals surface area contributed by atoms with E-state index >= 15 is 0 Å². The van der Waals surface area contributed by atoms with Gasteiger partial charge in [-0.2, -0.15) is 0 Å². The lowest BCUT2D eigenvalue weighted by Crippen LogP contribution is -2.49. The average molecular weight is 409 g/mol. The number of hydrogen-bond acceptors (Lipinski definition) is 5. The molecule has 1 aliphatic heterocycles. The first kappa shape index (κ1) is 21.7. The first-order chi connectivity index (χ1) is 14.5. The standard InChI is InChI=1S/C23H27N3O4/c1-16(17-7-3-2-4-8-17)25-23(29)14-19-10-11-20(21(15-27)30-19)26-22(28)13-18-9-5-6-12-24-18/h2-12,16,19-21,27H,13-15H2,1H3,(H,25,29)(H,26,28)/t16-,19-,20+,21-/m1/s1. The maximum absolute atomic E-state index is 12.4. The number of nitrogens with one attached hydrogen (secondary N) is 2. The normalized spacial score (nSPS) is 21.6. The predicted molar refractivity (Wildman–Crippen MR) is 112 cm³/mol. The molecule has 3 N–H and O–H groups in total. The number of carbonyl (C=O) groups is 2. The highest BCUT2D eigenvalue weighted by Gasteiger charge is 2.29. The molecule has 1 aliphatic rings. The predicted octanol–water partition coefficient (Wildman–Crippen LogP) is 1.69. The molecule has 7 heteroatoms. The number of benzene rings is 1. The van der Waals surface area contributed by atoms with Crippen LogP contribution in [0.25, 0.3) is 0 Å². The van der Waals surface area contributed by atoms with Crippen molar-refractivity contribution >= 4 is 11.8 Å². The molecule has 0 saturated heterocycles. The van der Waals surface area contributed by atoms with Crippen LogP contribution in [0.1, 0.15) is 30.6 Å². The summed E-state index contributed by atoms with van der Waals surface area (Å²) in [5.74, 6) is -0.353. The molecule has 0 saturated carbocycles. The number of ether oxygens (including phenoxy) is 1. The Balaban J connectivity index is 1.51. The number of carbonyl (C=O) groups excluding carboxylic acids is 2. The van der Waals surface area contributed by atoms with E-state index in [4.69, 9.17) is 4.74 Å². The second kappa shape index (κ2) is 10.7. The van der Waals surface area contributed by atoms with E-state index in [1.54, 1.807) is 30.5 Å². The summed E-state index contributed by atoms with van der Waals surface area (Å²) in [5, 5.41) is 15.5. The zero-order valence-corrected chi connectivity index (χ0v) is 16.9. The molecule has 0 bridgehead atoms. The first-order valence-corrected chi connectivity index (χ1v) is 10.0. The van der Waals surface area contributed by atoms with E-state index in [2.05, 4.69) is 15.6 Å². The van der Waals surface area contributed by atoms with Crippen molar-refractivity contribution in [2.24, 2.45) is 0 Å². The third-order valence-electron chi connectivity index (χ3n) is 4.92. The van der Waals surface area contributed by atoms with Gasteiger partial charge in [0.1, 0.15) is 6.10 Å². The van der Waals surface area contributed by atoms with Crippen molar-refractivity contribution in [2.75, 3.05) is 6.61 Å². The Morgan fingerprint density at radius 1 is 1.10 bits per heavy atom. The zero-order valence-electron chi connectivity index (χ0n) is 16.9. The molecule has 0 unspecified atom stereocenters. The van der Waals surface area contributed by atoms with Crippen LogP contribution in [0.2, 0.25) is 0 Å². The van der Waals surface area contributed by atoms with Crippen molar-refractivity contribution in [1.82, 2.24) is 15.6 Å². The molecule has 0 radical (unpaired) electrons. The van der Waals surface area contributed by atoms with Crippen LogP contribution in [0.4, 0.5) is 0 Å². The molecule has 2 amide bonds. The van der Waals surface area contributed by atoms with Crippen LogP contribution in [0.3, 0.4) is 0 Å². The van der Waals surface area contributed by atoms with Gasteiger partial charge in [0.2, 0.25) is 11.8 Å². The zero-order chi connectivity index (χ0) is 21.3. The van der Waals surface area contributed by atoms with Gasteiger partial charge in [0, 0.05) is 11.9 Å².